The zero-order valence-electron chi connectivity index (χ0n) is 14.9. The fraction of sp³-hybridized carbons (Fsp3) is 0.500. The van der Waals surface area contributed by atoms with Crippen LogP contribution < -0.4 is 10.6 Å². The summed E-state index contributed by atoms with van der Waals surface area (Å²) >= 11 is 0. The van der Waals surface area contributed by atoms with Gasteiger partial charge in [-0.3, -0.25) is 4.79 Å². The number of nitrogens with one attached hydrogen (secondary N) is 2. The highest BCUT2D eigenvalue weighted by molar-refractivity contribution is 5.94. The summed E-state index contributed by atoms with van der Waals surface area (Å²) in [7, 11) is 0. The maximum atomic E-state index is 12.6. The number of nitrogens with zero attached hydrogens (tertiary/aromatic N) is 2. The topological polar surface area (TPSA) is 59.0 Å². The largest absolute Gasteiger partial charge is 0.348 e. The van der Waals surface area contributed by atoms with E-state index < -0.39 is 0 Å². The molecule has 1 aromatic heterocycles. The highest BCUT2D eigenvalue weighted by atomic mass is 16.1. The van der Waals surface area contributed by atoms with Gasteiger partial charge >= 0.3 is 0 Å². The maximum Gasteiger partial charge on any atom is 0.251 e. The SMILES string of the molecule is CC[C@H](Cn1ccnc1)NC(=O)c1cccc(CC2CCNCC2)c1. The lowest BCUT2D eigenvalue weighted by molar-refractivity contribution is 0.0931. The zero-order valence-corrected chi connectivity index (χ0v) is 14.9. The van der Waals surface area contributed by atoms with Crippen molar-refractivity contribution in [1.29, 1.82) is 0 Å². The van der Waals surface area contributed by atoms with Crippen LogP contribution in [0.5, 0.6) is 0 Å². The molecule has 2 heterocycles. The minimum absolute atomic E-state index is 0.0131. The Hall–Kier alpha value is -2.14. The molecular formula is C20H28N4O. The first-order valence-corrected chi connectivity index (χ1v) is 9.31. The van der Waals surface area contributed by atoms with Crippen molar-refractivity contribution >= 4 is 5.91 Å². The van der Waals surface area contributed by atoms with Gasteiger partial charge in [-0.2, -0.15) is 0 Å². The molecule has 1 amide bonds. The van der Waals surface area contributed by atoms with Crippen LogP contribution in [0.15, 0.2) is 43.0 Å². The van der Waals surface area contributed by atoms with Crippen molar-refractivity contribution in [1.82, 2.24) is 20.2 Å². The van der Waals surface area contributed by atoms with Crippen LogP contribution in [0.2, 0.25) is 0 Å². The number of piperidine rings is 1. The summed E-state index contributed by atoms with van der Waals surface area (Å²) in [5.74, 6) is 0.739. The van der Waals surface area contributed by atoms with Gasteiger partial charge in [0.2, 0.25) is 0 Å². The molecule has 1 atom stereocenters. The summed E-state index contributed by atoms with van der Waals surface area (Å²) in [6.07, 6.45) is 9.87. The lowest BCUT2D eigenvalue weighted by Crippen LogP contribution is -2.37. The Labute approximate surface area is 149 Å². The van der Waals surface area contributed by atoms with E-state index in [0.717, 1.165) is 44.0 Å². The molecule has 1 fully saturated rings. The molecule has 134 valence electrons. The van der Waals surface area contributed by atoms with Crippen molar-refractivity contribution in [3.63, 3.8) is 0 Å². The summed E-state index contributed by atoms with van der Waals surface area (Å²) in [5, 5.41) is 6.56. The lowest BCUT2D eigenvalue weighted by atomic mass is 9.90. The molecule has 2 N–H and O–H groups in total. The maximum absolute atomic E-state index is 12.6. The van der Waals surface area contributed by atoms with Crippen LogP contribution in [0.25, 0.3) is 0 Å². The van der Waals surface area contributed by atoms with Gasteiger partial charge in [0, 0.05) is 30.5 Å². The molecular weight excluding hydrogens is 312 g/mol. The van der Waals surface area contributed by atoms with Gasteiger partial charge in [-0.1, -0.05) is 19.1 Å². The first-order valence-electron chi connectivity index (χ1n) is 9.31. The lowest BCUT2D eigenvalue weighted by Gasteiger charge is -2.23. The Morgan fingerprint density at radius 2 is 2.24 bits per heavy atom. The number of hydrogen-bond acceptors (Lipinski definition) is 3. The van der Waals surface area contributed by atoms with Crippen LogP contribution in [0.3, 0.4) is 0 Å². The van der Waals surface area contributed by atoms with E-state index in [1.54, 1.807) is 12.5 Å². The minimum atomic E-state index is 0.0131. The smallest absolute Gasteiger partial charge is 0.251 e. The van der Waals surface area contributed by atoms with Crippen LogP contribution in [0.4, 0.5) is 0 Å². The fourth-order valence-electron chi connectivity index (χ4n) is 3.45. The number of benzene rings is 1. The van der Waals surface area contributed by atoms with Crippen LogP contribution >= 0.6 is 0 Å². The molecule has 25 heavy (non-hydrogen) atoms. The van der Waals surface area contributed by atoms with Gasteiger partial charge < -0.3 is 15.2 Å². The van der Waals surface area contributed by atoms with Crippen molar-refractivity contribution in [2.24, 2.45) is 5.92 Å². The van der Waals surface area contributed by atoms with Gasteiger partial charge in [0.05, 0.1) is 6.33 Å². The third kappa shape index (κ3) is 5.16. The Bertz CT molecular complexity index is 662. The number of carbonyl (C=O) groups excluding carboxylic acids is 1. The summed E-state index contributed by atoms with van der Waals surface area (Å²) in [6.45, 7) is 5.06. The van der Waals surface area contributed by atoms with Gasteiger partial charge in [0.1, 0.15) is 0 Å². The first kappa shape index (κ1) is 17.7. The van der Waals surface area contributed by atoms with E-state index in [-0.39, 0.29) is 11.9 Å². The minimum Gasteiger partial charge on any atom is -0.348 e. The van der Waals surface area contributed by atoms with Gasteiger partial charge in [-0.15, -0.1) is 0 Å². The summed E-state index contributed by atoms with van der Waals surface area (Å²) in [4.78, 5) is 16.7. The summed E-state index contributed by atoms with van der Waals surface area (Å²) in [5.41, 5.74) is 2.03. The fourth-order valence-corrected chi connectivity index (χ4v) is 3.45. The number of amides is 1. The van der Waals surface area contributed by atoms with E-state index in [2.05, 4.69) is 34.7 Å². The van der Waals surface area contributed by atoms with Crippen molar-refractivity contribution in [3.05, 3.63) is 54.1 Å². The van der Waals surface area contributed by atoms with Gasteiger partial charge in [0.25, 0.3) is 5.91 Å². The van der Waals surface area contributed by atoms with E-state index in [9.17, 15) is 4.79 Å². The van der Waals surface area contributed by atoms with Crippen molar-refractivity contribution < 1.29 is 4.79 Å². The van der Waals surface area contributed by atoms with E-state index in [0.29, 0.717) is 0 Å². The predicted molar refractivity (Wildman–Crippen MR) is 99.5 cm³/mol. The number of aromatic nitrogens is 2. The average Bonchev–Trinajstić information content (AvgIpc) is 3.15. The van der Waals surface area contributed by atoms with Crippen LogP contribution in [-0.4, -0.2) is 34.6 Å². The number of imidazole rings is 1. The molecule has 0 aliphatic carbocycles. The molecule has 1 aliphatic rings. The second-order valence-electron chi connectivity index (χ2n) is 6.94. The number of hydrogen-bond donors (Lipinski definition) is 2. The molecule has 1 saturated heterocycles. The Morgan fingerprint density at radius 3 is 2.96 bits per heavy atom. The van der Waals surface area contributed by atoms with Crippen LogP contribution in [0.1, 0.15) is 42.1 Å². The highest BCUT2D eigenvalue weighted by Gasteiger charge is 2.16. The Kier molecular flexibility index (Phi) is 6.23. The molecule has 5 nitrogen and oxygen atoms in total. The Morgan fingerprint density at radius 1 is 1.40 bits per heavy atom. The van der Waals surface area contributed by atoms with Gasteiger partial charge in [0.15, 0.2) is 0 Å². The third-order valence-electron chi connectivity index (χ3n) is 4.99. The van der Waals surface area contributed by atoms with Crippen molar-refractivity contribution in [2.75, 3.05) is 13.1 Å². The Balaban J connectivity index is 1.59. The van der Waals surface area contributed by atoms with Crippen molar-refractivity contribution in [2.45, 2.75) is 45.2 Å². The number of rotatable bonds is 7. The molecule has 1 aromatic carbocycles. The van der Waals surface area contributed by atoms with E-state index in [1.165, 1.54) is 18.4 Å². The molecule has 0 bridgehead atoms. The molecule has 0 saturated carbocycles. The van der Waals surface area contributed by atoms with Gasteiger partial charge in [-0.05, 0) is 62.4 Å². The standard InChI is InChI=1S/C20H28N4O/c1-2-19(14-24-11-10-22-15-24)23-20(25)18-5-3-4-17(13-18)12-16-6-8-21-9-7-16/h3-5,10-11,13,15-16,19,21H,2,6-9,12,14H2,1H3,(H,23,25)/t19-/m1/s1. The number of carbonyl (C=O) groups is 1. The molecule has 0 unspecified atom stereocenters. The van der Waals surface area contributed by atoms with Crippen LogP contribution in [0, 0.1) is 5.92 Å². The molecule has 3 rings (SSSR count). The van der Waals surface area contributed by atoms with Gasteiger partial charge in [-0.25, -0.2) is 4.98 Å². The second-order valence-corrected chi connectivity index (χ2v) is 6.94. The average molecular weight is 340 g/mol. The zero-order chi connectivity index (χ0) is 17.5. The molecule has 1 aliphatic heterocycles. The van der Waals surface area contributed by atoms with E-state index in [4.69, 9.17) is 0 Å². The van der Waals surface area contributed by atoms with E-state index in [1.807, 2.05) is 22.9 Å². The molecule has 5 heteroatoms. The quantitative estimate of drug-likeness (QED) is 0.815. The molecule has 2 aromatic rings. The summed E-state index contributed by atoms with van der Waals surface area (Å²) in [6, 6.07) is 8.21. The predicted octanol–water partition coefficient (Wildman–Crippen LogP) is 2.63. The summed E-state index contributed by atoms with van der Waals surface area (Å²) < 4.78 is 2.00. The molecule has 0 radical (unpaired) electrons. The third-order valence-corrected chi connectivity index (χ3v) is 4.99. The second kappa shape index (κ2) is 8.81. The highest BCUT2D eigenvalue weighted by Crippen LogP contribution is 2.19. The monoisotopic (exact) mass is 340 g/mol. The molecule has 0 spiro atoms. The normalized spacial score (nSPS) is 16.5. The van der Waals surface area contributed by atoms with Crippen molar-refractivity contribution in [3.8, 4) is 0 Å². The van der Waals surface area contributed by atoms with E-state index >= 15 is 0 Å². The van der Waals surface area contributed by atoms with Crippen LogP contribution in [-0.2, 0) is 13.0 Å². The first-order chi connectivity index (χ1) is 12.2.